The largest absolute Gasteiger partial charge is 0.480 e. The molecule has 0 amide bonds. The van der Waals surface area contributed by atoms with Crippen molar-refractivity contribution in [2.45, 2.75) is 337 Å². The van der Waals surface area contributed by atoms with Gasteiger partial charge in [0.05, 0.1) is 46.8 Å². The number of nitrogens with two attached hydrogens (primary N) is 5. The predicted molar refractivity (Wildman–Crippen MR) is 511 cm³/mol. The molecule has 0 aromatic heterocycles. The average molecular weight is 2000 g/mol. The predicted octanol–water partition coefficient (Wildman–Crippen LogP) is 4.48. The molecule has 0 unspecified atom stereocenters. The molecule has 2 spiro atoms. The number of hydrogen-bond acceptors (Lipinski definition) is 26. The summed E-state index contributed by atoms with van der Waals surface area (Å²) in [5.74, 6) is -1.66. The van der Waals surface area contributed by atoms with Gasteiger partial charge in [-0.1, -0.05) is 93.9 Å². The van der Waals surface area contributed by atoms with Crippen molar-refractivity contribution in [1.82, 2.24) is 39.8 Å². The third kappa shape index (κ3) is 16.8. The summed E-state index contributed by atoms with van der Waals surface area (Å²) in [5.41, 5.74) is 24.9. The highest BCUT2D eigenvalue weighted by Crippen LogP contribution is 2.70. The van der Waals surface area contributed by atoms with Gasteiger partial charge >= 0.3 is 52.4 Å². The zero-order valence-electron chi connectivity index (χ0n) is 82.8. The van der Waals surface area contributed by atoms with Gasteiger partial charge in [0.15, 0.2) is 0 Å². The first-order valence-electron chi connectivity index (χ1n) is 51.7. The maximum Gasteiger partial charge on any atom is 0.457 e. The van der Waals surface area contributed by atoms with Crippen LogP contribution in [0.15, 0.2) is 0 Å². The van der Waals surface area contributed by atoms with Crippen molar-refractivity contribution in [3.05, 3.63) is 0 Å². The molecule has 26 rings (SSSR count). The van der Waals surface area contributed by atoms with Gasteiger partial charge in [0.2, 0.25) is 0 Å². The molecule has 0 aromatic rings. The molecule has 8 bridgehead atoms. The highest BCUT2D eigenvalue weighted by Gasteiger charge is 2.74. The van der Waals surface area contributed by atoms with E-state index in [1.54, 1.807) is 0 Å². The molecule has 0 aromatic carbocycles. The fraction of sp³-hybridized carbons (Fsp3) is 0.956. The number of nitrogens with zero attached hydrogens (tertiary/aromatic N) is 8. The highest BCUT2D eigenvalue weighted by molar-refractivity contribution is 7.87. The molecule has 38 nitrogen and oxygen atoms in total. The van der Waals surface area contributed by atoms with Gasteiger partial charge in [-0.2, -0.15) is 68.1 Å². The van der Waals surface area contributed by atoms with Gasteiger partial charge < -0.3 is 91.6 Å². The van der Waals surface area contributed by atoms with Crippen molar-refractivity contribution in [3.8, 4) is 0 Å². The summed E-state index contributed by atoms with van der Waals surface area (Å²) in [7, 11) is -16.1. The third-order valence-electron chi connectivity index (χ3n) is 41.2. The van der Waals surface area contributed by atoms with E-state index in [1.807, 2.05) is 0 Å². The van der Waals surface area contributed by atoms with Gasteiger partial charge in [-0.3, -0.25) is 19.2 Å². The van der Waals surface area contributed by atoms with E-state index in [4.69, 9.17) is 65.9 Å². The van der Waals surface area contributed by atoms with E-state index in [1.165, 1.54) is 60.1 Å². The molecule has 137 heavy (non-hydrogen) atoms. The second-order valence-electron chi connectivity index (χ2n) is 50.1. The molecule has 13 aliphatic heterocycles. The summed E-state index contributed by atoms with van der Waals surface area (Å²) in [6.45, 7) is 31.5. The number of nitrogens with one attached hydrogen (secondary N) is 1. The number of carboxylic acid groups (broad SMARTS) is 4. The summed E-state index contributed by atoms with van der Waals surface area (Å²) >= 11 is 0. The first-order valence-corrected chi connectivity index (χ1v) is 57.3. The molecule has 13 saturated heterocycles. The van der Waals surface area contributed by atoms with Crippen LogP contribution < -0.4 is 34.0 Å². The van der Waals surface area contributed by atoms with Crippen LogP contribution >= 0.6 is 0 Å². The lowest BCUT2D eigenvalue weighted by Gasteiger charge is -2.64. The number of carbonyl (C=O) groups is 4. The van der Waals surface area contributed by atoms with Crippen LogP contribution in [0.5, 0.6) is 0 Å². The number of piperidine rings is 1. The topological polar surface area (TPSA) is 528 Å². The Hall–Kier alpha value is -2.94. The Labute approximate surface area is 813 Å². The standard InChI is InChI=1S/C24H40BN3O6S.C23H39BN4O6S.C23H40BN3O6S.C21H37BN4O6S/c1-21(2)17-10-18(21)22(3)19(11-17)33-25(34-22)9-4-6-16-12-27(15-24(16,26)20(29)30)35(31,32)28-13-23(14-28)7-5-8-23;1-20(2)16-9-17(20)21(3)18(10-16)33-24(34-21)7-4-5-15-11-27(14-23(15,25)19(29)30)35(31,32)28-12-22(13-28)6-8-26-22;1-21(2)17-12-18(21)22(3)19(13-17)32-24(33-22)9-7-8-16-14-27(15-23(16,25)20(28)29)34(30,31)26-10-5-4-6-11-26;1-19(2)14-7-16(19)20(3)17(8-14)31-22(32-20)6-4-5-13-9-26(12-21(13,24)18(27)28)33(29,30)25-10-15(23)11-25/h16-19H,4-15,26H2,1-3H3,(H,29,30);15-18,26H,4-14,25H2,1-3H3,(H,29,30);16-19H,4-15,25H2,1-3H3,(H,28,29);13-17H,4-12,23-24H2,1-3H3,(H,27,28)/t16-,17+,18+,19-,22+,24-;15-,16+,17+,18-,21+,23-;16-,17+,18+,19-,22+,23-;13-,14+,16+,17-,20+,21-/m0000/s1. The highest BCUT2D eigenvalue weighted by atomic mass is 32.2. The van der Waals surface area contributed by atoms with E-state index < -0.39 is 111 Å². The summed E-state index contributed by atoms with van der Waals surface area (Å²) in [6, 6.07) is -0.172. The number of carboxylic acids is 4. The number of rotatable bonds is 28. The molecule has 15 N–H and O–H groups in total. The lowest BCUT2D eigenvalue weighted by molar-refractivity contribution is -0.199. The maximum absolute atomic E-state index is 13.2. The average Bonchev–Trinajstić information content (AvgIpc) is 1.56. The number of aliphatic carboxylic acids is 4. The molecule has 0 radical (unpaired) electrons. The number of hydrogen-bond donors (Lipinski definition) is 10. The molecule has 13 aliphatic carbocycles. The molecule has 13 heterocycles. The summed E-state index contributed by atoms with van der Waals surface area (Å²) in [5, 5.41) is 42.9. The Morgan fingerprint density at radius 3 is 0.839 bits per heavy atom. The van der Waals surface area contributed by atoms with Crippen molar-refractivity contribution >= 4 is 93.2 Å². The van der Waals surface area contributed by atoms with E-state index in [9.17, 15) is 73.3 Å². The minimum atomic E-state index is -3.75. The molecule has 26 aliphatic rings. The SMILES string of the molecule is CC1(C)[C@H]2C[C@@H]3OB(CCC[C@H]4CN(S(=O)(=O)N5CC(N)C5)C[C@@]4(N)C(=O)O)O[C@]3(C)[C@@H]1C2.CC1(C)[C@H]2C[C@@H]3OB(CCC[C@H]4CN(S(=O)(=O)N5CC6(CCC6)C5)C[C@@]4(N)C(=O)O)O[C@]3(C)[C@@H]1C2.CC1(C)[C@H]2C[C@@H]3OB(CCC[C@H]4CN(S(=O)(=O)N5CC6(CCN6)C5)C[C@@]4(N)C(=O)O)O[C@]3(C)[C@@H]1C2.CC1(C)[C@H]2C[C@@H]3OB(CCC[C@H]4CN(S(=O)(=O)N5CCCCC5)C[C@@]4(N)C(=O)O)O[C@]3(C)[C@@H]1C2. The fourth-order valence-corrected chi connectivity index (χ4v) is 38.3. The van der Waals surface area contributed by atoms with E-state index in [-0.39, 0.29) is 179 Å². The van der Waals surface area contributed by atoms with Crippen molar-refractivity contribution in [2.75, 3.05) is 111 Å². The second kappa shape index (κ2) is 35.1. The summed E-state index contributed by atoms with van der Waals surface area (Å²) in [6.07, 6.45) is 23.8. The molecule has 13 saturated carbocycles. The van der Waals surface area contributed by atoms with E-state index in [0.717, 1.165) is 77.2 Å². The minimum Gasteiger partial charge on any atom is -0.480 e. The van der Waals surface area contributed by atoms with Gasteiger partial charge in [-0.25, -0.2) is 0 Å². The van der Waals surface area contributed by atoms with Crippen LogP contribution in [0.25, 0.3) is 0 Å². The molecule has 46 heteroatoms. The fourth-order valence-electron chi connectivity index (χ4n) is 30.9. The van der Waals surface area contributed by atoms with Gasteiger partial charge in [0.1, 0.15) is 22.2 Å². The van der Waals surface area contributed by atoms with Crippen LogP contribution in [0.4, 0.5) is 0 Å². The van der Waals surface area contributed by atoms with Crippen LogP contribution in [0.1, 0.15) is 231 Å². The van der Waals surface area contributed by atoms with Gasteiger partial charge in [-0.05, 0) is 243 Å². The molecule has 24 atom stereocenters. The van der Waals surface area contributed by atoms with E-state index in [0.29, 0.717) is 163 Å². The second-order valence-corrected chi connectivity index (χ2v) is 57.8. The van der Waals surface area contributed by atoms with Gasteiger partial charge in [0, 0.05) is 140 Å². The normalized spacial score (nSPS) is 43.4. The Balaban J connectivity index is 0.000000117. The summed E-state index contributed by atoms with van der Waals surface area (Å²) < 4.78 is 167. The van der Waals surface area contributed by atoms with Crippen molar-refractivity contribution in [3.63, 3.8) is 0 Å². The summed E-state index contributed by atoms with van der Waals surface area (Å²) in [4.78, 5) is 48.4. The maximum atomic E-state index is 13.2. The zero-order valence-corrected chi connectivity index (χ0v) is 86.1. The van der Waals surface area contributed by atoms with Gasteiger partial charge in [-0.15, -0.1) is 0 Å². The zero-order chi connectivity index (χ0) is 98.5. The van der Waals surface area contributed by atoms with E-state index >= 15 is 0 Å². The van der Waals surface area contributed by atoms with Crippen molar-refractivity contribution in [1.29, 1.82) is 0 Å². The lowest BCUT2D eigenvalue weighted by atomic mass is 9.43. The Morgan fingerprint density at radius 1 is 0.343 bits per heavy atom. The molecular formula is C91H156B4N14O24S4. The third-order valence-corrected chi connectivity index (χ3v) is 48.7. The van der Waals surface area contributed by atoms with Crippen LogP contribution in [0.3, 0.4) is 0 Å². The van der Waals surface area contributed by atoms with Crippen LogP contribution in [-0.2, 0) is 97.3 Å². The first kappa shape index (κ1) is 103. The van der Waals surface area contributed by atoms with E-state index in [2.05, 4.69) is 88.4 Å². The Bertz CT molecular complexity index is 4960. The van der Waals surface area contributed by atoms with Gasteiger partial charge in [0.25, 0.3) is 40.8 Å². The van der Waals surface area contributed by atoms with Crippen LogP contribution in [-0.4, -0.2) is 333 Å². The molecular weight excluding hydrogens is 1840 g/mol. The Morgan fingerprint density at radius 2 is 0.606 bits per heavy atom. The minimum absolute atomic E-state index is 0.0798. The van der Waals surface area contributed by atoms with Crippen LogP contribution in [0, 0.1) is 98.1 Å². The first-order chi connectivity index (χ1) is 63.8. The van der Waals surface area contributed by atoms with Crippen molar-refractivity contribution in [2.24, 2.45) is 127 Å². The molecule has 770 valence electrons. The van der Waals surface area contributed by atoms with Crippen LogP contribution in [0.2, 0.25) is 25.3 Å². The molecule has 26 fully saturated rings. The Kier molecular flexibility index (Phi) is 26.3. The monoisotopic (exact) mass is 2000 g/mol. The quantitative estimate of drug-likeness (QED) is 0.0483. The smallest absolute Gasteiger partial charge is 0.457 e. The lowest BCUT2D eigenvalue weighted by Crippen LogP contribution is -2.77. The van der Waals surface area contributed by atoms with Crippen molar-refractivity contribution < 1.29 is 111 Å².